The summed E-state index contributed by atoms with van der Waals surface area (Å²) in [6, 6.07) is 13.5. The quantitative estimate of drug-likeness (QED) is 0.831. The van der Waals surface area contributed by atoms with Gasteiger partial charge in [-0.2, -0.15) is 0 Å². The van der Waals surface area contributed by atoms with E-state index >= 15 is 0 Å². The van der Waals surface area contributed by atoms with E-state index in [0.29, 0.717) is 27.7 Å². The average molecular weight is 360 g/mol. The highest BCUT2D eigenvalue weighted by atomic mass is 35.5. The maximum Gasteiger partial charge on any atom is 0.307 e. The van der Waals surface area contributed by atoms with E-state index in [-0.39, 0.29) is 12.3 Å². The molecule has 2 aromatic rings. The van der Waals surface area contributed by atoms with E-state index in [1.165, 1.54) is 11.0 Å². The molecule has 0 saturated carbocycles. The number of ether oxygens (including phenoxy) is 1. The number of carboxylic acid groups (broad SMARTS) is 1. The number of anilines is 1. The van der Waals surface area contributed by atoms with Gasteiger partial charge in [0, 0.05) is 22.0 Å². The number of hydrogen-bond acceptors (Lipinski definition) is 3. The predicted molar refractivity (Wildman–Crippen MR) is 97.3 cm³/mol. The molecule has 0 unspecified atom stereocenters. The van der Waals surface area contributed by atoms with Gasteiger partial charge in [0.1, 0.15) is 5.75 Å². The Hall–Kier alpha value is -2.79. The van der Waals surface area contributed by atoms with Crippen molar-refractivity contribution >= 4 is 29.2 Å². The summed E-state index contributed by atoms with van der Waals surface area (Å²) in [5.41, 5.74) is 1.58. The summed E-state index contributed by atoms with van der Waals surface area (Å²) < 4.78 is 5.14. The SMILES string of the molecule is COc1ccc(N(C(=O)c2ccc(Cl)cc2)/C(C)=C/CC(=O)O)cc1. The van der Waals surface area contributed by atoms with Crippen LogP contribution >= 0.6 is 11.6 Å². The molecule has 5 nitrogen and oxygen atoms in total. The van der Waals surface area contributed by atoms with E-state index in [0.717, 1.165) is 0 Å². The predicted octanol–water partition coefficient (Wildman–Crippen LogP) is 4.37. The first-order chi connectivity index (χ1) is 11.9. The van der Waals surface area contributed by atoms with Crippen LogP contribution in [0.15, 0.2) is 60.3 Å². The van der Waals surface area contributed by atoms with Crippen LogP contribution in [0.5, 0.6) is 5.75 Å². The van der Waals surface area contributed by atoms with Crippen LogP contribution in [0.1, 0.15) is 23.7 Å². The van der Waals surface area contributed by atoms with E-state index in [9.17, 15) is 9.59 Å². The van der Waals surface area contributed by atoms with E-state index in [2.05, 4.69) is 0 Å². The molecule has 2 rings (SSSR count). The maximum absolute atomic E-state index is 13.0. The van der Waals surface area contributed by atoms with Crippen LogP contribution in [0.2, 0.25) is 5.02 Å². The highest BCUT2D eigenvalue weighted by Gasteiger charge is 2.19. The first-order valence-electron chi connectivity index (χ1n) is 7.55. The molecule has 0 aliphatic carbocycles. The zero-order valence-corrected chi connectivity index (χ0v) is 14.7. The fourth-order valence-electron chi connectivity index (χ4n) is 2.26. The summed E-state index contributed by atoms with van der Waals surface area (Å²) >= 11 is 5.88. The minimum absolute atomic E-state index is 0.174. The second kappa shape index (κ2) is 8.35. The molecule has 0 spiro atoms. The Morgan fingerprint density at radius 1 is 1.12 bits per heavy atom. The van der Waals surface area contributed by atoms with Crippen LogP contribution in [0.4, 0.5) is 5.69 Å². The maximum atomic E-state index is 13.0. The van der Waals surface area contributed by atoms with Crippen LogP contribution < -0.4 is 9.64 Å². The summed E-state index contributed by atoms with van der Waals surface area (Å²) in [6.45, 7) is 1.70. The Morgan fingerprint density at radius 2 is 1.72 bits per heavy atom. The molecule has 0 fully saturated rings. The lowest BCUT2D eigenvalue weighted by molar-refractivity contribution is -0.136. The van der Waals surface area contributed by atoms with Gasteiger partial charge in [-0.05, 0) is 55.5 Å². The Labute approximate surface area is 151 Å². The normalized spacial score (nSPS) is 11.1. The Morgan fingerprint density at radius 3 is 2.24 bits per heavy atom. The van der Waals surface area contributed by atoms with E-state index in [4.69, 9.17) is 21.4 Å². The molecule has 25 heavy (non-hydrogen) atoms. The number of amides is 1. The molecule has 0 aliphatic rings. The third-order valence-corrected chi connectivity index (χ3v) is 3.80. The monoisotopic (exact) mass is 359 g/mol. The highest BCUT2D eigenvalue weighted by Crippen LogP contribution is 2.25. The second-order valence-electron chi connectivity index (χ2n) is 5.29. The minimum atomic E-state index is -0.965. The molecule has 0 aromatic heterocycles. The van der Waals surface area contributed by atoms with Crippen molar-refractivity contribution in [2.45, 2.75) is 13.3 Å². The molecule has 0 aliphatic heterocycles. The zero-order valence-electron chi connectivity index (χ0n) is 13.9. The number of hydrogen-bond donors (Lipinski definition) is 1. The van der Waals surface area contributed by atoms with Gasteiger partial charge in [-0.15, -0.1) is 0 Å². The number of methoxy groups -OCH3 is 1. The minimum Gasteiger partial charge on any atom is -0.497 e. The number of carboxylic acids is 1. The van der Waals surface area contributed by atoms with Gasteiger partial charge in [-0.3, -0.25) is 14.5 Å². The van der Waals surface area contributed by atoms with Crippen molar-refractivity contribution in [3.05, 3.63) is 70.9 Å². The van der Waals surface area contributed by atoms with Gasteiger partial charge < -0.3 is 9.84 Å². The van der Waals surface area contributed by atoms with Crippen molar-refractivity contribution in [1.29, 1.82) is 0 Å². The Bertz CT molecular complexity index is 782. The summed E-state index contributed by atoms with van der Waals surface area (Å²) in [5, 5.41) is 9.42. The lowest BCUT2D eigenvalue weighted by Crippen LogP contribution is -2.29. The molecule has 0 radical (unpaired) electrons. The van der Waals surface area contributed by atoms with Crippen LogP contribution in [0.25, 0.3) is 0 Å². The van der Waals surface area contributed by atoms with Gasteiger partial charge in [0.15, 0.2) is 0 Å². The molecular formula is C19H18ClNO4. The van der Waals surface area contributed by atoms with Crippen LogP contribution in [-0.4, -0.2) is 24.1 Å². The van der Waals surface area contributed by atoms with Crippen molar-refractivity contribution in [2.75, 3.05) is 12.0 Å². The molecule has 130 valence electrons. The van der Waals surface area contributed by atoms with Gasteiger partial charge in [0.25, 0.3) is 5.91 Å². The number of rotatable bonds is 6. The largest absolute Gasteiger partial charge is 0.497 e. The van der Waals surface area contributed by atoms with Gasteiger partial charge >= 0.3 is 5.97 Å². The van der Waals surface area contributed by atoms with E-state index in [1.807, 2.05) is 0 Å². The molecule has 1 amide bonds. The summed E-state index contributed by atoms with van der Waals surface area (Å²) in [4.78, 5) is 25.3. The summed E-state index contributed by atoms with van der Waals surface area (Å²) in [7, 11) is 1.56. The first kappa shape index (κ1) is 18.5. The number of benzene rings is 2. The lowest BCUT2D eigenvalue weighted by Gasteiger charge is -2.24. The fourth-order valence-corrected chi connectivity index (χ4v) is 2.39. The molecule has 6 heteroatoms. The summed E-state index contributed by atoms with van der Waals surface area (Å²) in [5.74, 6) is -0.580. The van der Waals surface area contributed by atoms with Crippen molar-refractivity contribution in [3.63, 3.8) is 0 Å². The van der Waals surface area contributed by atoms with Crippen LogP contribution in [-0.2, 0) is 4.79 Å². The number of carbonyl (C=O) groups excluding carboxylic acids is 1. The van der Waals surface area contributed by atoms with Crippen molar-refractivity contribution in [1.82, 2.24) is 0 Å². The number of allylic oxidation sites excluding steroid dienone is 1. The molecule has 2 aromatic carbocycles. The topological polar surface area (TPSA) is 66.8 Å². The number of aliphatic carboxylic acids is 1. The Balaban J connectivity index is 2.43. The van der Waals surface area contributed by atoms with Gasteiger partial charge in [0.05, 0.1) is 13.5 Å². The summed E-state index contributed by atoms with van der Waals surface area (Å²) in [6.07, 6.45) is 1.33. The second-order valence-corrected chi connectivity index (χ2v) is 5.73. The third-order valence-electron chi connectivity index (χ3n) is 3.55. The van der Waals surface area contributed by atoms with Crippen molar-refractivity contribution in [2.24, 2.45) is 0 Å². The molecular weight excluding hydrogens is 342 g/mol. The van der Waals surface area contributed by atoms with Crippen molar-refractivity contribution < 1.29 is 19.4 Å². The fraction of sp³-hybridized carbons (Fsp3) is 0.158. The standard InChI is InChI=1S/C19H18ClNO4/c1-13(3-12-18(22)23)21(16-8-10-17(25-2)11-9-16)19(24)14-4-6-15(20)7-5-14/h3-11H,12H2,1-2H3,(H,22,23)/b13-3+. The number of carbonyl (C=O) groups is 2. The van der Waals surface area contributed by atoms with Crippen LogP contribution in [0.3, 0.4) is 0 Å². The molecule has 1 N–H and O–H groups in total. The molecule has 0 saturated heterocycles. The third kappa shape index (κ3) is 4.84. The van der Waals surface area contributed by atoms with Gasteiger partial charge in [-0.25, -0.2) is 0 Å². The van der Waals surface area contributed by atoms with Gasteiger partial charge in [-0.1, -0.05) is 17.7 Å². The molecule has 0 atom stereocenters. The van der Waals surface area contributed by atoms with E-state index in [1.54, 1.807) is 62.6 Å². The first-order valence-corrected chi connectivity index (χ1v) is 7.93. The molecule has 0 heterocycles. The average Bonchev–Trinajstić information content (AvgIpc) is 2.61. The lowest BCUT2D eigenvalue weighted by atomic mass is 10.1. The Kier molecular flexibility index (Phi) is 6.19. The zero-order chi connectivity index (χ0) is 18.4. The van der Waals surface area contributed by atoms with E-state index < -0.39 is 5.97 Å². The number of halogens is 1. The molecule has 0 bridgehead atoms. The van der Waals surface area contributed by atoms with Crippen molar-refractivity contribution in [3.8, 4) is 5.75 Å². The van der Waals surface area contributed by atoms with Gasteiger partial charge in [0.2, 0.25) is 0 Å². The van der Waals surface area contributed by atoms with Crippen LogP contribution in [0, 0.1) is 0 Å². The smallest absolute Gasteiger partial charge is 0.307 e. The number of nitrogens with zero attached hydrogens (tertiary/aromatic N) is 1. The highest BCUT2D eigenvalue weighted by molar-refractivity contribution is 6.30.